The highest BCUT2D eigenvalue weighted by Gasteiger charge is 2.40. The largest absolute Gasteiger partial charge is 0.352 e. The van der Waals surface area contributed by atoms with Crippen LogP contribution < -0.4 is 5.32 Å². The van der Waals surface area contributed by atoms with Crippen LogP contribution in [0.25, 0.3) is 6.08 Å². The number of nitrogens with zero attached hydrogens (tertiary/aromatic N) is 1. The van der Waals surface area contributed by atoms with E-state index in [0.29, 0.717) is 23.9 Å². The van der Waals surface area contributed by atoms with E-state index in [4.69, 9.17) is 0 Å². The van der Waals surface area contributed by atoms with Gasteiger partial charge in [-0.3, -0.25) is 9.59 Å². The number of nitrogens with one attached hydrogen (secondary N) is 1. The summed E-state index contributed by atoms with van der Waals surface area (Å²) >= 11 is 3.77. The third kappa shape index (κ3) is 7.69. The molecule has 2 aliphatic carbocycles. The number of hydrogen-bond donors (Lipinski definition) is 1. The number of halogens is 1. The smallest absolute Gasteiger partial charge is 0.260 e. The molecule has 2 unspecified atom stereocenters. The summed E-state index contributed by atoms with van der Waals surface area (Å²) in [5, 5.41) is 4.24. The van der Waals surface area contributed by atoms with Gasteiger partial charge in [-0.25, -0.2) is 4.39 Å². The topological polar surface area (TPSA) is 49.4 Å². The molecule has 1 aliphatic heterocycles. The van der Waals surface area contributed by atoms with Crippen LogP contribution in [0.15, 0.2) is 53.4 Å². The molecule has 0 bridgehead atoms. The Morgan fingerprint density at radius 3 is 2.46 bits per heavy atom. The molecule has 2 amide bonds. The first-order chi connectivity index (χ1) is 19.1. The van der Waals surface area contributed by atoms with E-state index in [9.17, 15) is 14.0 Å². The molecule has 39 heavy (non-hydrogen) atoms. The zero-order valence-electron chi connectivity index (χ0n) is 22.6. The van der Waals surface area contributed by atoms with Crippen LogP contribution in [0.5, 0.6) is 0 Å². The minimum Gasteiger partial charge on any atom is -0.352 e. The molecule has 2 saturated carbocycles. The summed E-state index contributed by atoms with van der Waals surface area (Å²) in [4.78, 5) is 29.0. The Labute approximate surface area is 240 Å². The van der Waals surface area contributed by atoms with Crippen LogP contribution in [0.3, 0.4) is 0 Å². The van der Waals surface area contributed by atoms with E-state index < -0.39 is 0 Å². The molecule has 208 valence electrons. The molecule has 0 spiro atoms. The van der Waals surface area contributed by atoms with E-state index in [2.05, 4.69) is 17.1 Å². The van der Waals surface area contributed by atoms with Crippen molar-refractivity contribution in [1.29, 1.82) is 0 Å². The van der Waals surface area contributed by atoms with E-state index in [-0.39, 0.29) is 23.7 Å². The number of amides is 2. The molecule has 1 heterocycles. The highest BCUT2D eigenvalue weighted by Crippen LogP contribution is 2.42. The summed E-state index contributed by atoms with van der Waals surface area (Å²) in [5.74, 6) is 0.834. The SMILES string of the molecule is O=C(NCCCSC1CCCCC1)c1ccc(/C=C2\SC3CCCCC3N(Cc3ccc(F)cc3)C2=O)cc1. The number of thioether (sulfide) groups is 2. The molecule has 1 N–H and O–H groups in total. The zero-order valence-corrected chi connectivity index (χ0v) is 24.2. The first-order valence-corrected chi connectivity index (χ1v) is 16.4. The third-order valence-electron chi connectivity index (χ3n) is 8.07. The van der Waals surface area contributed by atoms with Gasteiger partial charge in [0, 0.05) is 35.2 Å². The summed E-state index contributed by atoms with van der Waals surface area (Å²) in [6.45, 7) is 1.19. The first kappa shape index (κ1) is 28.3. The minimum absolute atomic E-state index is 0.0420. The van der Waals surface area contributed by atoms with Crippen LogP contribution in [0.4, 0.5) is 4.39 Å². The van der Waals surface area contributed by atoms with Crippen molar-refractivity contribution in [2.45, 2.75) is 87.3 Å². The highest BCUT2D eigenvalue weighted by atomic mass is 32.2. The van der Waals surface area contributed by atoms with Gasteiger partial charge in [-0.15, -0.1) is 11.8 Å². The van der Waals surface area contributed by atoms with E-state index in [1.54, 1.807) is 23.9 Å². The number of hydrogen-bond acceptors (Lipinski definition) is 4. The average Bonchev–Trinajstić information content (AvgIpc) is 2.97. The van der Waals surface area contributed by atoms with Crippen molar-refractivity contribution in [3.63, 3.8) is 0 Å². The summed E-state index contributed by atoms with van der Waals surface area (Å²) in [6, 6.07) is 14.2. The number of benzene rings is 2. The Morgan fingerprint density at radius 1 is 0.974 bits per heavy atom. The number of fused-ring (bicyclic) bond motifs is 1. The quantitative estimate of drug-likeness (QED) is 0.253. The molecule has 1 saturated heterocycles. The lowest BCUT2D eigenvalue weighted by Gasteiger charge is -2.44. The van der Waals surface area contributed by atoms with E-state index in [0.717, 1.165) is 52.7 Å². The molecule has 2 aromatic carbocycles. The Balaban J connectivity index is 1.17. The number of rotatable bonds is 9. The monoisotopic (exact) mass is 566 g/mol. The Kier molecular flexibility index (Phi) is 10.1. The predicted octanol–water partition coefficient (Wildman–Crippen LogP) is 7.44. The molecular weight excluding hydrogens is 527 g/mol. The maximum absolute atomic E-state index is 13.6. The maximum Gasteiger partial charge on any atom is 0.260 e. The fourth-order valence-corrected chi connectivity index (χ4v) is 8.67. The standard InChI is InChI=1S/C32H39FN2O2S2/c33-26-17-13-24(14-18-26)22-35-28-9-4-5-10-29(28)39-30(32(35)37)21-23-11-15-25(16-12-23)31(36)34-19-6-20-38-27-7-2-1-3-8-27/h11-18,21,27-29H,1-10,19-20,22H2,(H,34,36)/b30-21-. The number of carbonyl (C=O) groups is 2. The van der Waals surface area contributed by atoms with Crippen LogP contribution in [-0.2, 0) is 11.3 Å². The second-order valence-corrected chi connectivity index (χ2v) is 13.6. The van der Waals surface area contributed by atoms with Gasteiger partial charge in [0.15, 0.2) is 0 Å². The van der Waals surface area contributed by atoms with Gasteiger partial charge in [0.2, 0.25) is 0 Å². The normalized spacial score (nSPS) is 23.1. The third-order valence-corrected chi connectivity index (χ3v) is 10.9. The van der Waals surface area contributed by atoms with E-state index >= 15 is 0 Å². The zero-order chi connectivity index (χ0) is 27.0. The lowest BCUT2D eigenvalue weighted by molar-refractivity contribution is -0.130. The minimum atomic E-state index is -0.263. The molecule has 3 aliphatic rings. The van der Waals surface area contributed by atoms with Crippen LogP contribution in [-0.4, -0.2) is 45.6 Å². The van der Waals surface area contributed by atoms with Gasteiger partial charge < -0.3 is 10.2 Å². The summed E-state index contributed by atoms with van der Waals surface area (Å²) in [7, 11) is 0. The van der Waals surface area contributed by atoms with Crippen molar-refractivity contribution >= 4 is 41.4 Å². The Bertz CT molecular complexity index is 1150. The van der Waals surface area contributed by atoms with E-state index in [1.165, 1.54) is 50.7 Å². The molecule has 0 aromatic heterocycles. The molecule has 4 nitrogen and oxygen atoms in total. The molecule has 0 radical (unpaired) electrons. The summed E-state index contributed by atoms with van der Waals surface area (Å²) < 4.78 is 13.4. The first-order valence-electron chi connectivity index (χ1n) is 14.5. The molecule has 2 atom stereocenters. The maximum atomic E-state index is 13.6. The fourth-order valence-electron chi connectivity index (χ4n) is 5.89. The highest BCUT2D eigenvalue weighted by molar-refractivity contribution is 8.04. The molecule has 7 heteroatoms. The van der Waals surface area contributed by atoms with Crippen LogP contribution in [0.2, 0.25) is 0 Å². The second-order valence-electron chi connectivity index (χ2n) is 10.9. The summed E-state index contributed by atoms with van der Waals surface area (Å²) in [5.41, 5.74) is 2.51. The predicted molar refractivity (Wildman–Crippen MR) is 161 cm³/mol. The van der Waals surface area contributed by atoms with Crippen molar-refractivity contribution in [1.82, 2.24) is 10.2 Å². The van der Waals surface area contributed by atoms with Crippen LogP contribution >= 0.6 is 23.5 Å². The Morgan fingerprint density at radius 2 is 1.69 bits per heavy atom. The van der Waals surface area contributed by atoms with Gasteiger partial charge >= 0.3 is 0 Å². The average molecular weight is 567 g/mol. The van der Waals surface area contributed by atoms with Crippen molar-refractivity contribution in [3.05, 3.63) is 75.9 Å². The van der Waals surface area contributed by atoms with Gasteiger partial charge in [-0.05, 0) is 79.3 Å². The lowest BCUT2D eigenvalue weighted by Crippen LogP contribution is -2.50. The van der Waals surface area contributed by atoms with Gasteiger partial charge in [-0.2, -0.15) is 11.8 Å². The Hall–Kier alpha value is -2.25. The summed E-state index contributed by atoms with van der Waals surface area (Å²) in [6.07, 6.45) is 14.2. The second kappa shape index (κ2) is 13.9. The van der Waals surface area contributed by atoms with Gasteiger partial charge in [-0.1, -0.05) is 56.4 Å². The molecule has 5 rings (SSSR count). The van der Waals surface area contributed by atoms with E-state index in [1.807, 2.05) is 35.2 Å². The van der Waals surface area contributed by atoms with Crippen molar-refractivity contribution in [3.8, 4) is 0 Å². The van der Waals surface area contributed by atoms with Crippen LogP contribution in [0, 0.1) is 5.82 Å². The lowest BCUT2D eigenvalue weighted by atomic mass is 9.92. The van der Waals surface area contributed by atoms with Crippen LogP contribution in [0.1, 0.15) is 85.7 Å². The van der Waals surface area contributed by atoms with Crippen molar-refractivity contribution in [2.24, 2.45) is 0 Å². The fraction of sp³-hybridized carbons (Fsp3) is 0.500. The van der Waals surface area contributed by atoms with Gasteiger partial charge in [0.05, 0.1) is 4.91 Å². The van der Waals surface area contributed by atoms with Gasteiger partial charge in [0.1, 0.15) is 5.82 Å². The van der Waals surface area contributed by atoms with Gasteiger partial charge in [0.25, 0.3) is 11.8 Å². The van der Waals surface area contributed by atoms with Crippen molar-refractivity contribution < 1.29 is 14.0 Å². The molecular formula is C32H39FN2O2S2. The van der Waals surface area contributed by atoms with Crippen molar-refractivity contribution in [2.75, 3.05) is 12.3 Å². The number of carbonyl (C=O) groups excluding carboxylic acids is 2. The molecule has 3 fully saturated rings. The molecule has 2 aromatic rings.